The number of nitrogens with zero attached hydrogens (tertiary/aromatic N) is 4. The number of nitro groups is 1. The van der Waals surface area contributed by atoms with Gasteiger partial charge in [-0.2, -0.15) is 0 Å². The number of amidine groups is 1. The first-order chi connectivity index (χ1) is 11.6. The van der Waals surface area contributed by atoms with Gasteiger partial charge in [0.05, 0.1) is 16.7 Å². The Balaban J connectivity index is 1.74. The molecule has 1 saturated heterocycles. The maximum absolute atomic E-state index is 10.9. The molecular weight excluding hydrogens is 324 g/mol. The molecule has 1 aromatic heterocycles. The predicted octanol–water partition coefficient (Wildman–Crippen LogP) is 3.58. The number of thioether (sulfide) groups is 1. The van der Waals surface area contributed by atoms with E-state index in [0.29, 0.717) is 5.25 Å². The summed E-state index contributed by atoms with van der Waals surface area (Å²) in [6.45, 7) is 3.11. The van der Waals surface area contributed by atoms with E-state index in [1.165, 1.54) is 0 Å². The van der Waals surface area contributed by atoms with Crippen LogP contribution >= 0.6 is 11.8 Å². The molecule has 0 N–H and O–H groups in total. The van der Waals surface area contributed by atoms with Gasteiger partial charge in [0.25, 0.3) is 5.69 Å². The van der Waals surface area contributed by atoms with Crippen LogP contribution < -0.4 is 0 Å². The van der Waals surface area contributed by atoms with Crippen molar-refractivity contribution in [2.45, 2.75) is 24.3 Å². The Morgan fingerprint density at radius 1 is 1.25 bits per heavy atom. The highest BCUT2D eigenvalue weighted by atomic mass is 32.2. The number of nitro benzene ring substituents is 1. The molecule has 4 rings (SSSR count). The van der Waals surface area contributed by atoms with Gasteiger partial charge in [-0.1, -0.05) is 36.9 Å². The summed E-state index contributed by atoms with van der Waals surface area (Å²) in [7, 11) is 0. The number of hydrogen-bond donors (Lipinski definition) is 0. The molecule has 0 spiro atoms. The molecule has 24 heavy (non-hydrogen) atoms. The van der Waals surface area contributed by atoms with E-state index in [1.54, 1.807) is 30.1 Å². The molecule has 2 aliphatic rings. The van der Waals surface area contributed by atoms with E-state index in [-0.39, 0.29) is 22.7 Å². The molecule has 1 fully saturated rings. The van der Waals surface area contributed by atoms with E-state index in [4.69, 9.17) is 4.99 Å². The predicted molar refractivity (Wildman–Crippen MR) is 94.0 cm³/mol. The second kappa shape index (κ2) is 5.90. The number of fused-ring (bicyclic) bond motifs is 1. The average Bonchev–Trinajstić information content (AvgIpc) is 3.11. The van der Waals surface area contributed by atoms with Crippen LogP contribution in [0.1, 0.15) is 30.3 Å². The fourth-order valence-electron chi connectivity index (χ4n) is 3.27. The highest BCUT2D eigenvalue weighted by Gasteiger charge is 2.43. The number of benzene rings is 1. The number of aliphatic imine (C=N–C) groups is 1. The van der Waals surface area contributed by atoms with Crippen LogP contribution in [0.25, 0.3) is 0 Å². The highest BCUT2D eigenvalue weighted by Crippen LogP contribution is 2.47. The quantitative estimate of drug-likeness (QED) is 0.631. The van der Waals surface area contributed by atoms with E-state index >= 15 is 0 Å². The van der Waals surface area contributed by atoms with Gasteiger partial charge in [0.2, 0.25) is 0 Å². The van der Waals surface area contributed by atoms with Gasteiger partial charge in [-0.15, -0.1) is 0 Å². The lowest BCUT2D eigenvalue weighted by Crippen LogP contribution is -2.28. The molecule has 2 aromatic rings. The van der Waals surface area contributed by atoms with E-state index < -0.39 is 0 Å². The standard InChI is InChI=1S/C17H16N4O2S/c1-11-10-20-16(12-5-7-13(8-6-12)21(22)23)15(19-17(20)24-11)14-4-2-3-9-18-14/h2-9,11,15-16H,10H2,1H3. The molecule has 2 aliphatic heterocycles. The Morgan fingerprint density at radius 3 is 2.71 bits per heavy atom. The Morgan fingerprint density at radius 2 is 2.04 bits per heavy atom. The van der Waals surface area contributed by atoms with Crippen LogP contribution in [0, 0.1) is 10.1 Å². The van der Waals surface area contributed by atoms with Gasteiger partial charge < -0.3 is 4.90 Å². The summed E-state index contributed by atoms with van der Waals surface area (Å²) in [5.41, 5.74) is 2.07. The fraction of sp³-hybridized carbons (Fsp3) is 0.294. The van der Waals surface area contributed by atoms with Crippen molar-refractivity contribution in [3.63, 3.8) is 0 Å². The van der Waals surface area contributed by atoms with Crippen molar-refractivity contribution < 1.29 is 4.92 Å². The summed E-state index contributed by atoms with van der Waals surface area (Å²) in [6, 6.07) is 12.6. The first kappa shape index (κ1) is 15.1. The van der Waals surface area contributed by atoms with Crippen molar-refractivity contribution in [3.8, 4) is 0 Å². The first-order valence-corrected chi connectivity index (χ1v) is 8.68. The SMILES string of the molecule is CC1CN2C(=NC(c3ccccn3)C2c2ccc([N+](=O)[O-])cc2)S1. The summed E-state index contributed by atoms with van der Waals surface area (Å²) in [5.74, 6) is 0. The van der Waals surface area contributed by atoms with E-state index in [9.17, 15) is 10.1 Å². The molecular formula is C17H16N4O2S. The van der Waals surface area contributed by atoms with Gasteiger partial charge >= 0.3 is 0 Å². The van der Waals surface area contributed by atoms with Crippen LogP contribution in [0.15, 0.2) is 53.7 Å². The normalized spacial score (nSPS) is 25.5. The van der Waals surface area contributed by atoms with Gasteiger partial charge in [0.15, 0.2) is 5.17 Å². The van der Waals surface area contributed by atoms with Crippen LogP contribution in [0.5, 0.6) is 0 Å². The average molecular weight is 340 g/mol. The van der Waals surface area contributed by atoms with Gasteiger partial charge in [-0.25, -0.2) is 0 Å². The van der Waals surface area contributed by atoms with E-state index in [1.807, 2.05) is 30.3 Å². The third-order valence-electron chi connectivity index (χ3n) is 4.33. The van der Waals surface area contributed by atoms with Crippen LogP contribution in [-0.4, -0.2) is 31.8 Å². The van der Waals surface area contributed by atoms with Crippen LogP contribution in [0.4, 0.5) is 5.69 Å². The summed E-state index contributed by atoms with van der Waals surface area (Å²) in [5, 5.41) is 12.4. The molecule has 6 nitrogen and oxygen atoms in total. The van der Waals surface area contributed by atoms with Crippen molar-refractivity contribution in [2.75, 3.05) is 6.54 Å². The van der Waals surface area contributed by atoms with E-state index in [0.717, 1.165) is 23.0 Å². The molecule has 1 aromatic carbocycles. The van der Waals surface area contributed by atoms with Crippen molar-refractivity contribution in [1.82, 2.24) is 9.88 Å². The number of non-ortho nitro benzene ring substituents is 1. The number of aromatic nitrogens is 1. The third-order valence-corrected chi connectivity index (χ3v) is 5.43. The minimum Gasteiger partial charge on any atom is -0.341 e. The lowest BCUT2D eigenvalue weighted by Gasteiger charge is -2.27. The third kappa shape index (κ3) is 2.54. The van der Waals surface area contributed by atoms with Crippen molar-refractivity contribution in [3.05, 3.63) is 70.0 Å². The Kier molecular flexibility index (Phi) is 3.72. The molecule has 0 saturated carbocycles. The second-order valence-electron chi connectivity index (χ2n) is 5.99. The zero-order valence-corrected chi connectivity index (χ0v) is 13.9. The highest BCUT2D eigenvalue weighted by molar-refractivity contribution is 8.14. The van der Waals surface area contributed by atoms with Crippen molar-refractivity contribution in [1.29, 1.82) is 0 Å². The maximum atomic E-state index is 10.9. The largest absolute Gasteiger partial charge is 0.341 e. The molecule has 122 valence electrons. The molecule has 0 aliphatic carbocycles. The summed E-state index contributed by atoms with van der Waals surface area (Å²) < 4.78 is 0. The summed E-state index contributed by atoms with van der Waals surface area (Å²) >= 11 is 1.78. The summed E-state index contributed by atoms with van der Waals surface area (Å²) in [6.07, 6.45) is 1.78. The summed E-state index contributed by atoms with van der Waals surface area (Å²) in [4.78, 5) is 22.2. The monoisotopic (exact) mass is 340 g/mol. The minimum atomic E-state index is -0.371. The van der Waals surface area contributed by atoms with Gasteiger partial charge in [-0.3, -0.25) is 20.1 Å². The number of rotatable bonds is 3. The second-order valence-corrected chi connectivity index (χ2v) is 7.39. The first-order valence-electron chi connectivity index (χ1n) is 7.80. The van der Waals surface area contributed by atoms with Crippen LogP contribution in [-0.2, 0) is 0 Å². The number of pyridine rings is 1. The zero-order valence-electron chi connectivity index (χ0n) is 13.1. The van der Waals surface area contributed by atoms with Crippen LogP contribution in [0.3, 0.4) is 0 Å². The Hall–Kier alpha value is -2.41. The Bertz CT molecular complexity index is 794. The lowest BCUT2D eigenvalue weighted by atomic mass is 9.96. The van der Waals surface area contributed by atoms with Crippen molar-refractivity contribution in [2.24, 2.45) is 4.99 Å². The molecule has 3 heterocycles. The Labute approximate surface area is 143 Å². The number of hydrogen-bond acceptors (Lipinski definition) is 6. The van der Waals surface area contributed by atoms with E-state index in [2.05, 4.69) is 16.8 Å². The molecule has 3 unspecified atom stereocenters. The fourth-order valence-corrected chi connectivity index (χ4v) is 4.36. The zero-order chi connectivity index (χ0) is 16.7. The molecule has 7 heteroatoms. The minimum absolute atomic E-state index is 0.0353. The van der Waals surface area contributed by atoms with Crippen molar-refractivity contribution >= 4 is 22.6 Å². The smallest absolute Gasteiger partial charge is 0.269 e. The van der Waals surface area contributed by atoms with Gasteiger partial charge in [0, 0.05) is 30.1 Å². The lowest BCUT2D eigenvalue weighted by molar-refractivity contribution is -0.384. The molecule has 0 amide bonds. The van der Waals surface area contributed by atoms with Gasteiger partial charge in [0.1, 0.15) is 6.04 Å². The molecule has 0 radical (unpaired) electrons. The topological polar surface area (TPSA) is 71.6 Å². The van der Waals surface area contributed by atoms with Gasteiger partial charge in [-0.05, 0) is 17.7 Å². The maximum Gasteiger partial charge on any atom is 0.269 e. The molecule has 3 atom stereocenters. The van der Waals surface area contributed by atoms with Crippen LogP contribution in [0.2, 0.25) is 0 Å². The molecule has 0 bridgehead atoms.